The highest BCUT2D eigenvalue weighted by Gasteiger charge is 2.16. The molecule has 1 nitrogen and oxygen atoms in total. The van der Waals surface area contributed by atoms with Gasteiger partial charge in [0, 0.05) is 11.8 Å². The molecule has 0 radical (unpaired) electrons. The average molecular weight is 196 g/mol. The Kier molecular flexibility index (Phi) is 2.97. The Morgan fingerprint density at radius 1 is 1.43 bits per heavy atom. The molecule has 1 heterocycles. The zero-order valence-corrected chi connectivity index (χ0v) is 7.12. The summed E-state index contributed by atoms with van der Waals surface area (Å²) in [6.45, 7) is -4.92. The van der Waals surface area contributed by atoms with Crippen LogP contribution in [0.3, 0.4) is 0 Å². The van der Waals surface area contributed by atoms with Gasteiger partial charge in [-0.05, 0) is 12.1 Å². The molecule has 72 valence electrons. The third-order valence-corrected chi connectivity index (χ3v) is 1.43. The number of aromatic nitrogens is 1. The van der Waals surface area contributed by atoms with E-state index in [-0.39, 0.29) is 11.7 Å². The summed E-state index contributed by atoms with van der Waals surface area (Å²) in [6, 6.07) is 2.97. The Morgan fingerprint density at radius 2 is 2.14 bits per heavy atom. The number of nitrogens with zero attached hydrogens (tertiary/aromatic N) is 1. The molecule has 1 aromatic heterocycles. The molecule has 0 fully saturated rings. The van der Waals surface area contributed by atoms with Gasteiger partial charge in [0.1, 0.15) is 0 Å². The maximum absolute atomic E-state index is 11.8. The minimum atomic E-state index is -4.92. The van der Waals surface area contributed by atoms with Gasteiger partial charge in [0.2, 0.25) is 0 Å². The van der Waals surface area contributed by atoms with E-state index in [0.717, 1.165) is 6.08 Å². The maximum atomic E-state index is 11.8. The van der Waals surface area contributed by atoms with Crippen LogP contribution in [0.4, 0.5) is 12.9 Å². The summed E-state index contributed by atoms with van der Waals surface area (Å²) in [4.78, 5) is 3.72. The Morgan fingerprint density at radius 3 is 2.71 bits per heavy atom. The lowest BCUT2D eigenvalue weighted by Gasteiger charge is -2.05. The van der Waals surface area contributed by atoms with E-state index in [1.807, 2.05) is 0 Å². The van der Waals surface area contributed by atoms with Crippen molar-refractivity contribution in [3.8, 4) is 12.3 Å². The predicted octanol–water partition coefficient (Wildman–Crippen LogP) is 2.46. The molecule has 0 aliphatic heterocycles. The van der Waals surface area contributed by atoms with Gasteiger partial charge in [-0.15, -0.1) is 12.4 Å². The first-order valence-corrected chi connectivity index (χ1v) is 3.83. The first kappa shape index (κ1) is 10.4. The first-order chi connectivity index (χ1) is 6.51. The van der Waals surface area contributed by atoms with Crippen molar-refractivity contribution < 1.29 is 12.9 Å². The van der Waals surface area contributed by atoms with E-state index >= 15 is 0 Å². The van der Waals surface area contributed by atoms with Gasteiger partial charge < -0.3 is 12.9 Å². The van der Waals surface area contributed by atoms with E-state index in [4.69, 9.17) is 6.42 Å². The molecule has 0 aromatic carbocycles. The van der Waals surface area contributed by atoms with Gasteiger partial charge in [0.05, 0.1) is 5.69 Å². The molecular weight excluding hydrogens is 190 g/mol. The Labute approximate surface area is 79.7 Å². The van der Waals surface area contributed by atoms with E-state index in [0.29, 0.717) is 5.56 Å². The lowest BCUT2D eigenvalue weighted by molar-refractivity contribution is 0.499. The van der Waals surface area contributed by atoms with Crippen molar-refractivity contribution in [1.29, 1.82) is 0 Å². The number of hydrogen-bond donors (Lipinski definition) is 0. The predicted molar refractivity (Wildman–Crippen MR) is 50.3 cm³/mol. The fraction of sp³-hybridized carbons (Fsp3) is 0. The van der Waals surface area contributed by atoms with Gasteiger partial charge in [-0.3, -0.25) is 4.98 Å². The molecule has 0 amide bonds. The van der Waals surface area contributed by atoms with Gasteiger partial charge in [-0.25, -0.2) is 0 Å². The van der Waals surface area contributed by atoms with Crippen molar-refractivity contribution in [2.75, 3.05) is 0 Å². The smallest absolute Gasteiger partial charge is 0.445 e. The number of pyridine rings is 1. The van der Waals surface area contributed by atoms with Crippen molar-refractivity contribution in [2.45, 2.75) is 0 Å². The first-order valence-electron chi connectivity index (χ1n) is 3.83. The summed E-state index contributed by atoms with van der Waals surface area (Å²) in [5.41, 5.74) is 0.717. The molecule has 5 heteroatoms. The van der Waals surface area contributed by atoms with Gasteiger partial charge in [0.25, 0.3) is 0 Å². The van der Waals surface area contributed by atoms with Gasteiger partial charge in [-0.2, -0.15) is 0 Å². The number of terminal acetylenes is 1. The quantitative estimate of drug-likeness (QED) is 0.522. The largest absolute Gasteiger partial charge is 0.502 e. The summed E-state index contributed by atoms with van der Waals surface area (Å²) in [5, 5.41) is 0. The normalized spacial score (nSPS) is 11.6. The lowest BCUT2D eigenvalue weighted by atomic mass is 9.91. The van der Waals surface area contributed by atoms with E-state index < -0.39 is 6.98 Å². The van der Waals surface area contributed by atoms with Crippen LogP contribution in [0.15, 0.2) is 24.3 Å². The molecule has 14 heavy (non-hydrogen) atoms. The second kappa shape index (κ2) is 4.01. The van der Waals surface area contributed by atoms with Gasteiger partial charge >= 0.3 is 6.98 Å². The Bertz CT molecular complexity index is 390. The highest BCUT2D eigenvalue weighted by molar-refractivity contribution is 6.64. The van der Waals surface area contributed by atoms with Crippen molar-refractivity contribution in [3.63, 3.8) is 0 Å². The SMILES string of the molecule is C#Cc1ccnc(/C=C/[B-](F)(F)F)c1. The second-order valence-corrected chi connectivity index (χ2v) is 2.60. The van der Waals surface area contributed by atoms with E-state index in [2.05, 4.69) is 10.9 Å². The molecule has 0 aliphatic carbocycles. The van der Waals surface area contributed by atoms with Crippen LogP contribution in [0, 0.1) is 12.3 Å². The number of halogens is 3. The second-order valence-electron chi connectivity index (χ2n) is 2.60. The molecule has 1 rings (SSSR count). The van der Waals surface area contributed by atoms with Crippen LogP contribution in [0.1, 0.15) is 11.3 Å². The Hall–Kier alpha value is -1.70. The Balaban J connectivity index is 2.89. The maximum Gasteiger partial charge on any atom is 0.502 e. The molecule has 0 unspecified atom stereocenters. The topological polar surface area (TPSA) is 12.9 Å². The van der Waals surface area contributed by atoms with Crippen LogP contribution in [0.5, 0.6) is 0 Å². The zero-order chi connectivity index (χ0) is 10.6. The molecule has 0 N–H and O–H groups in total. The number of hydrogen-bond acceptors (Lipinski definition) is 1. The highest BCUT2D eigenvalue weighted by Crippen LogP contribution is 2.12. The minimum absolute atomic E-state index is 0.183. The van der Waals surface area contributed by atoms with Crippen molar-refractivity contribution >= 4 is 13.1 Å². The average Bonchev–Trinajstić information content (AvgIpc) is 2.14. The van der Waals surface area contributed by atoms with Crippen LogP contribution in [-0.2, 0) is 0 Å². The monoisotopic (exact) mass is 196 g/mol. The fourth-order valence-electron chi connectivity index (χ4n) is 0.837. The van der Waals surface area contributed by atoms with Crippen molar-refractivity contribution in [3.05, 3.63) is 35.6 Å². The summed E-state index contributed by atoms with van der Waals surface area (Å²) in [7, 11) is 0. The van der Waals surface area contributed by atoms with Crippen LogP contribution < -0.4 is 0 Å². The number of rotatable bonds is 2. The third-order valence-electron chi connectivity index (χ3n) is 1.43. The van der Waals surface area contributed by atoms with Gasteiger partial charge in [0.15, 0.2) is 0 Å². The van der Waals surface area contributed by atoms with Crippen LogP contribution in [0.25, 0.3) is 6.08 Å². The molecule has 0 atom stereocenters. The lowest BCUT2D eigenvalue weighted by Crippen LogP contribution is -2.09. The fourth-order valence-corrected chi connectivity index (χ4v) is 0.837. The molecule has 0 bridgehead atoms. The molecule has 0 saturated carbocycles. The zero-order valence-electron chi connectivity index (χ0n) is 7.12. The van der Waals surface area contributed by atoms with Crippen LogP contribution >= 0.6 is 0 Å². The molecule has 0 spiro atoms. The van der Waals surface area contributed by atoms with Crippen molar-refractivity contribution in [2.24, 2.45) is 0 Å². The van der Waals surface area contributed by atoms with Gasteiger partial charge in [-0.1, -0.05) is 12.0 Å². The summed E-state index contributed by atoms with van der Waals surface area (Å²) >= 11 is 0. The highest BCUT2D eigenvalue weighted by atomic mass is 19.4. The van der Waals surface area contributed by atoms with Crippen LogP contribution in [0.2, 0.25) is 0 Å². The minimum Gasteiger partial charge on any atom is -0.445 e. The van der Waals surface area contributed by atoms with E-state index in [1.54, 1.807) is 6.07 Å². The summed E-state index contributed by atoms with van der Waals surface area (Å²) in [6.07, 6.45) is 7.36. The van der Waals surface area contributed by atoms with E-state index in [9.17, 15) is 12.9 Å². The third kappa shape index (κ3) is 3.36. The molecule has 1 aromatic rings. The summed E-state index contributed by atoms with van der Waals surface area (Å²) < 4.78 is 35.5. The molecule has 0 aliphatic rings. The summed E-state index contributed by atoms with van der Waals surface area (Å²) in [5.74, 6) is 2.50. The molecular formula is C9H6BF3N-. The van der Waals surface area contributed by atoms with Crippen LogP contribution in [-0.4, -0.2) is 12.0 Å². The molecule has 0 saturated heterocycles. The van der Waals surface area contributed by atoms with Crippen molar-refractivity contribution in [1.82, 2.24) is 4.98 Å². The standard InChI is InChI=1S/C9H6BF3N/c1-2-8-4-6-14-9(7-8)3-5-10(11,12)13/h1,3-7H/q-1/b5-3+. The van der Waals surface area contributed by atoms with E-state index in [1.165, 1.54) is 12.3 Å².